The smallest absolute Gasteiger partial charge is 0.0183 e. The van der Waals surface area contributed by atoms with Crippen LogP contribution in [0.2, 0.25) is 0 Å². The first-order valence-corrected chi connectivity index (χ1v) is 16.2. The van der Waals surface area contributed by atoms with E-state index in [1.165, 1.54) is 47.9 Å². The molecule has 0 aliphatic carbocycles. The lowest BCUT2D eigenvalue weighted by Gasteiger charge is -2.43. The Hall–Kier alpha value is -2.30. The van der Waals surface area contributed by atoms with Crippen LogP contribution in [-0.4, -0.2) is 11.5 Å². The monoisotopic (exact) mass is 507 g/mol. The summed E-state index contributed by atoms with van der Waals surface area (Å²) >= 11 is 0. The molecular formula is C33H35NP2. The summed E-state index contributed by atoms with van der Waals surface area (Å²) in [6.45, 7) is 0. The van der Waals surface area contributed by atoms with Gasteiger partial charge in [0.2, 0.25) is 0 Å². The first kappa shape index (κ1) is 24.1. The second-order valence-corrected chi connectivity index (χ2v) is 15.6. The minimum absolute atomic E-state index is 0.369. The molecule has 0 radical (unpaired) electrons. The first-order chi connectivity index (χ1) is 17.8. The van der Waals surface area contributed by atoms with Crippen LogP contribution in [0, 0.1) is 0 Å². The number of hydrogen-bond acceptors (Lipinski definition) is 1. The maximum atomic E-state index is 2.97. The van der Waals surface area contributed by atoms with Crippen molar-refractivity contribution in [1.29, 1.82) is 0 Å². The van der Waals surface area contributed by atoms with E-state index >= 15 is 0 Å². The van der Waals surface area contributed by atoms with E-state index in [1.54, 1.807) is 0 Å². The molecule has 0 aromatic heterocycles. The van der Waals surface area contributed by atoms with Crippen LogP contribution in [0.15, 0.2) is 121 Å². The zero-order chi connectivity index (χ0) is 24.3. The third-order valence-corrected chi connectivity index (χ3v) is 15.5. The topological polar surface area (TPSA) is 3.24 Å². The van der Waals surface area contributed by atoms with E-state index in [0.717, 1.165) is 0 Å². The van der Waals surface area contributed by atoms with Gasteiger partial charge in [0.05, 0.1) is 0 Å². The van der Waals surface area contributed by atoms with Crippen molar-refractivity contribution in [2.75, 3.05) is 7.05 Å². The summed E-state index contributed by atoms with van der Waals surface area (Å²) < 4.78 is 2.97. The van der Waals surface area contributed by atoms with Crippen molar-refractivity contribution in [3.8, 4) is 0 Å². The summed E-state index contributed by atoms with van der Waals surface area (Å²) in [6, 6.07) is 45.6. The lowest BCUT2D eigenvalue weighted by molar-refractivity contribution is 0.765. The predicted molar refractivity (Wildman–Crippen MR) is 157 cm³/mol. The van der Waals surface area contributed by atoms with Crippen molar-refractivity contribution >= 4 is 16.1 Å². The summed E-state index contributed by atoms with van der Waals surface area (Å²) in [5.41, 5.74) is 8.68. The van der Waals surface area contributed by atoms with Gasteiger partial charge in [-0.2, -0.15) is 0 Å². The number of hydrogen-bond donors (Lipinski definition) is 0. The van der Waals surface area contributed by atoms with E-state index in [9.17, 15) is 0 Å². The summed E-state index contributed by atoms with van der Waals surface area (Å²) in [6.07, 6.45) is 5.15. The molecule has 3 heteroatoms. The van der Waals surface area contributed by atoms with Crippen molar-refractivity contribution in [1.82, 2.24) is 4.44 Å². The Morgan fingerprint density at radius 2 is 0.639 bits per heavy atom. The second kappa shape index (κ2) is 11.0. The molecule has 2 aliphatic rings. The summed E-state index contributed by atoms with van der Waals surface area (Å²) in [5, 5.41) is 0. The maximum absolute atomic E-state index is 2.97. The van der Waals surface area contributed by atoms with Gasteiger partial charge in [-0.25, -0.2) is 0 Å². The fourth-order valence-electron chi connectivity index (χ4n) is 6.50. The predicted octanol–water partition coefficient (Wildman–Crippen LogP) is 10.3. The molecule has 4 aromatic carbocycles. The molecule has 4 atom stereocenters. The van der Waals surface area contributed by atoms with Gasteiger partial charge >= 0.3 is 0 Å². The average Bonchev–Trinajstić information content (AvgIpc) is 3.60. The van der Waals surface area contributed by atoms with Crippen molar-refractivity contribution in [2.45, 2.75) is 48.3 Å². The molecule has 0 N–H and O–H groups in total. The second-order valence-electron chi connectivity index (χ2n) is 10.1. The minimum Gasteiger partial charge on any atom is -0.261 e. The lowest BCUT2D eigenvalue weighted by Crippen LogP contribution is -2.15. The Bertz CT molecular complexity index is 1040. The van der Waals surface area contributed by atoms with E-state index in [4.69, 9.17) is 0 Å². The summed E-state index contributed by atoms with van der Waals surface area (Å²) in [5.74, 6) is 0. The van der Waals surface area contributed by atoms with Gasteiger partial charge in [0.25, 0.3) is 0 Å². The third-order valence-electron chi connectivity index (χ3n) is 8.11. The van der Waals surface area contributed by atoms with Crippen molar-refractivity contribution < 1.29 is 0 Å². The largest absolute Gasteiger partial charge is 0.261 e. The fourth-order valence-corrected chi connectivity index (χ4v) is 15.0. The molecule has 4 aromatic rings. The van der Waals surface area contributed by atoms with Crippen LogP contribution in [0.4, 0.5) is 0 Å². The Morgan fingerprint density at radius 1 is 0.417 bits per heavy atom. The van der Waals surface area contributed by atoms with Gasteiger partial charge < -0.3 is 0 Å². The fraction of sp³-hybridized carbons (Fsp3) is 0.273. The Morgan fingerprint density at radius 3 is 0.861 bits per heavy atom. The van der Waals surface area contributed by atoms with Gasteiger partial charge in [-0.3, -0.25) is 4.44 Å². The molecule has 6 rings (SSSR count). The van der Waals surface area contributed by atoms with E-state index < -0.39 is 0 Å². The molecule has 2 saturated heterocycles. The van der Waals surface area contributed by atoms with Crippen LogP contribution in [0.1, 0.15) is 70.6 Å². The first-order valence-electron chi connectivity index (χ1n) is 13.3. The molecule has 0 unspecified atom stereocenters. The van der Waals surface area contributed by atoms with E-state index in [0.29, 0.717) is 22.6 Å². The highest BCUT2D eigenvalue weighted by molar-refractivity contribution is 7.71. The van der Waals surface area contributed by atoms with Crippen LogP contribution < -0.4 is 0 Å². The highest BCUT2D eigenvalue weighted by Gasteiger charge is 2.47. The maximum Gasteiger partial charge on any atom is 0.0183 e. The lowest BCUT2D eigenvalue weighted by atomic mass is 10.0. The molecule has 2 fully saturated rings. The molecule has 2 aliphatic heterocycles. The van der Waals surface area contributed by atoms with Crippen molar-refractivity contribution in [2.24, 2.45) is 0 Å². The highest BCUT2D eigenvalue weighted by atomic mass is 31.2. The number of benzene rings is 4. The van der Waals surface area contributed by atoms with Gasteiger partial charge in [0.1, 0.15) is 0 Å². The molecule has 0 saturated carbocycles. The molecule has 36 heavy (non-hydrogen) atoms. The van der Waals surface area contributed by atoms with Crippen molar-refractivity contribution in [3.63, 3.8) is 0 Å². The third kappa shape index (κ3) is 4.70. The van der Waals surface area contributed by atoms with Gasteiger partial charge in [-0.15, -0.1) is 0 Å². The molecular weight excluding hydrogens is 472 g/mol. The van der Waals surface area contributed by atoms with Gasteiger partial charge in [0, 0.05) is 22.6 Å². The molecule has 0 spiro atoms. The van der Waals surface area contributed by atoms with E-state index in [1.807, 2.05) is 0 Å². The Balaban J connectivity index is 1.43. The van der Waals surface area contributed by atoms with Crippen LogP contribution in [0.3, 0.4) is 0 Å². The summed E-state index contributed by atoms with van der Waals surface area (Å²) in [4.78, 5) is 0. The number of rotatable bonds is 6. The molecule has 182 valence electrons. The van der Waals surface area contributed by atoms with Gasteiger partial charge in [-0.05, 0) is 71.1 Å². The highest BCUT2D eigenvalue weighted by Crippen LogP contribution is 2.83. The zero-order valence-corrected chi connectivity index (χ0v) is 22.8. The SMILES string of the molecule is CN(P1[C@H](c2ccccc2)CC[C@H]1c1ccccc1)P1[C@H](c2ccccc2)CC[C@H]1c1ccccc1. The van der Waals surface area contributed by atoms with Crippen LogP contribution in [0.5, 0.6) is 0 Å². The van der Waals surface area contributed by atoms with Crippen LogP contribution in [0.25, 0.3) is 0 Å². The quantitative estimate of drug-likeness (QED) is 0.235. The Labute approximate surface area is 219 Å². The number of nitrogens with zero attached hydrogens (tertiary/aromatic N) is 1. The van der Waals surface area contributed by atoms with Crippen LogP contribution >= 0.6 is 16.1 Å². The molecule has 0 amide bonds. The van der Waals surface area contributed by atoms with E-state index in [2.05, 4.69) is 133 Å². The Kier molecular flexibility index (Phi) is 7.34. The summed E-state index contributed by atoms with van der Waals surface area (Å²) in [7, 11) is 1.77. The van der Waals surface area contributed by atoms with Crippen LogP contribution in [-0.2, 0) is 0 Å². The standard InChI is InChI=1S/C33H35NP2/c1-34(35-30(26-14-6-2-7-15-26)22-23-31(35)27-16-8-3-9-17-27)36-32(28-18-10-4-11-19-28)24-25-33(36)29-20-12-5-13-21-29/h2-21,30-33H,22-25H2,1H3/t30-,31-,32-,33-/m0/s1. The van der Waals surface area contributed by atoms with Crippen molar-refractivity contribution in [3.05, 3.63) is 144 Å². The molecule has 1 nitrogen and oxygen atoms in total. The minimum atomic E-state index is -0.369. The molecule has 0 bridgehead atoms. The normalized spacial score (nSPS) is 24.9. The average molecular weight is 508 g/mol. The van der Waals surface area contributed by atoms with Gasteiger partial charge in [0.15, 0.2) is 0 Å². The van der Waals surface area contributed by atoms with Gasteiger partial charge in [-0.1, -0.05) is 121 Å². The molecule has 2 heterocycles. The zero-order valence-electron chi connectivity index (χ0n) is 21.0. The van der Waals surface area contributed by atoms with E-state index in [-0.39, 0.29) is 16.1 Å².